The van der Waals surface area contributed by atoms with E-state index in [1.165, 1.54) is 17.8 Å². The molecule has 1 N–H and O–H groups in total. The molecule has 3 heterocycles. The Morgan fingerprint density at radius 2 is 1.92 bits per heavy atom. The third kappa shape index (κ3) is 2.80. The highest BCUT2D eigenvalue weighted by Crippen LogP contribution is 2.39. The van der Waals surface area contributed by atoms with Crippen molar-refractivity contribution in [1.82, 2.24) is 4.90 Å². The second-order valence-corrected chi connectivity index (χ2v) is 7.99. The zero-order chi connectivity index (χ0) is 17.4. The standard InChI is InChI=1S/C20H23NO3S/c1-21-15-9-11-16(21)17(12-10-15)24-19(22)20(23,18-8-5-13-25-18)14-6-3-2-4-7-14/h2-8,13,15-17,23H,9-12H2,1H3/t15-,16-,17-,20?/m1/s1. The number of carbonyl (C=O) groups excluding carboxylic acids is 1. The Labute approximate surface area is 152 Å². The summed E-state index contributed by atoms with van der Waals surface area (Å²) in [6.45, 7) is 0. The van der Waals surface area contributed by atoms with Gasteiger partial charge in [-0.3, -0.25) is 4.90 Å². The highest BCUT2D eigenvalue weighted by atomic mass is 32.1. The monoisotopic (exact) mass is 357 g/mol. The minimum Gasteiger partial charge on any atom is -0.458 e. The van der Waals surface area contributed by atoms with Gasteiger partial charge in [0.1, 0.15) is 6.10 Å². The number of hydrogen-bond donors (Lipinski definition) is 1. The van der Waals surface area contributed by atoms with Crippen molar-refractivity contribution in [3.05, 3.63) is 58.3 Å². The minimum absolute atomic E-state index is 0.147. The zero-order valence-electron chi connectivity index (χ0n) is 14.3. The topological polar surface area (TPSA) is 49.8 Å². The molecule has 132 valence electrons. The fraction of sp³-hybridized carbons (Fsp3) is 0.450. The van der Waals surface area contributed by atoms with Crippen LogP contribution in [0.5, 0.6) is 0 Å². The van der Waals surface area contributed by atoms with Crippen LogP contribution in [0.25, 0.3) is 0 Å². The van der Waals surface area contributed by atoms with Crippen LogP contribution in [0.1, 0.15) is 36.1 Å². The molecule has 4 nitrogen and oxygen atoms in total. The second-order valence-electron chi connectivity index (χ2n) is 7.04. The van der Waals surface area contributed by atoms with Crippen molar-refractivity contribution < 1.29 is 14.6 Å². The lowest BCUT2D eigenvalue weighted by atomic mass is 9.91. The number of thiophene rings is 1. The molecular weight excluding hydrogens is 334 g/mol. The van der Waals surface area contributed by atoms with E-state index >= 15 is 0 Å². The minimum atomic E-state index is -1.75. The Bertz CT molecular complexity index is 733. The summed E-state index contributed by atoms with van der Waals surface area (Å²) in [6.07, 6.45) is 4.01. The van der Waals surface area contributed by atoms with Gasteiger partial charge >= 0.3 is 5.97 Å². The molecule has 0 radical (unpaired) electrons. The van der Waals surface area contributed by atoms with Crippen LogP contribution in [0.3, 0.4) is 0 Å². The first-order chi connectivity index (χ1) is 12.1. The summed E-state index contributed by atoms with van der Waals surface area (Å²) in [7, 11) is 2.12. The molecule has 0 amide bonds. The van der Waals surface area contributed by atoms with Gasteiger partial charge in [-0.1, -0.05) is 36.4 Å². The van der Waals surface area contributed by atoms with Gasteiger partial charge in [-0.05, 0) is 44.2 Å². The maximum absolute atomic E-state index is 13.1. The van der Waals surface area contributed by atoms with Crippen LogP contribution in [-0.2, 0) is 15.1 Å². The summed E-state index contributed by atoms with van der Waals surface area (Å²) in [5.41, 5.74) is -1.19. The third-order valence-corrected chi connectivity index (χ3v) is 6.71. The van der Waals surface area contributed by atoms with Crippen molar-refractivity contribution in [3.8, 4) is 0 Å². The molecule has 1 aromatic heterocycles. The van der Waals surface area contributed by atoms with Crippen LogP contribution in [0, 0.1) is 0 Å². The van der Waals surface area contributed by atoms with E-state index in [4.69, 9.17) is 4.74 Å². The number of benzene rings is 1. The summed E-state index contributed by atoms with van der Waals surface area (Å²) in [5.74, 6) is -0.565. The van der Waals surface area contributed by atoms with Gasteiger partial charge < -0.3 is 9.84 Å². The lowest BCUT2D eigenvalue weighted by Gasteiger charge is -2.38. The Balaban J connectivity index is 1.63. The van der Waals surface area contributed by atoms with E-state index in [-0.39, 0.29) is 12.1 Å². The number of fused-ring (bicyclic) bond motifs is 2. The summed E-state index contributed by atoms with van der Waals surface area (Å²) in [6, 6.07) is 13.6. The average Bonchev–Trinajstić information content (AvgIpc) is 3.24. The van der Waals surface area contributed by atoms with Gasteiger partial charge in [0.2, 0.25) is 5.60 Å². The Hall–Kier alpha value is -1.69. The largest absolute Gasteiger partial charge is 0.458 e. The van der Waals surface area contributed by atoms with Gasteiger partial charge in [0, 0.05) is 17.6 Å². The van der Waals surface area contributed by atoms with E-state index in [0.717, 1.165) is 19.3 Å². The van der Waals surface area contributed by atoms with Gasteiger partial charge in [0.15, 0.2) is 0 Å². The first-order valence-corrected chi connectivity index (χ1v) is 9.73. The molecule has 2 aromatic rings. The van der Waals surface area contributed by atoms with Crippen molar-refractivity contribution >= 4 is 17.3 Å². The number of likely N-dealkylation sites (N-methyl/N-ethyl adjacent to an activating group) is 1. The van der Waals surface area contributed by atoms with E-state index in [2.05, 4.69) is 11.9 Å². The molecule has 0 saturated carbocycles. The fourth-order valence-corrected chi connectivity index (χ4v) is 5.10. The Morgan fingerprint density at radius 3 is 2.64 bits per heavy atom. The molecule has 2 aliphatic heterocycles. The normalized spacial score (nSPS) is 28.5. The number of carbonyl (C=O) groups is 1. The smallest absolute Gasteiger partial charge is 0.348 e. The molecule has 2 aliphatic rings. The Kier molecular flexibility index (Phi) is 4.40. The van der Waals surface area contributed by atoms with Crippen LogP contribution in [0.4, 0.5) is 0 Å². The molecule has 2 bridgehead atoms. The van der Waals surface area contributed by atoms with Crippen LogP contribution in [0.2, 0.25) is 0 Å². The summed E-state index contributed by atoms with van der Waals surface area (Å²) in [4.78, 5) is 16.1. The van der Waals surface area contributed by atoms with Crippen molar-refractivity contribution in [2.45, 2.75) is 49.5 Å². The van der Waals surface area contributed by atoms with Crippen LogP contribution in [0.15, 0.2) is 47.8 Å². The summed E-state index contributed by atoms with van der Waals surface area (Å²) in [5, 5.41) is 13.3. The van der Waals surface area contributed by atoms with Crippen LogP contribution >= 0.6 is 11.3 Å². The Morgan fingerprint density at radius 1 is 1.16 bits per heavy atom. The van der Waals surface area contributed by atoms with Gasteiger partial charge in [-0.15, -0.1) is 11.3 Å². The molecule has 1 unspecified atom stereocenters. The van der Waals surface area contributed by atoms with Gasteiger partial charge in [-0.2, -0.15) is 0 Å². The van der Waals surface area contributed by atoms with Crippen LogP contribution < -0.4 is 0 Å². The molecule has 0 spiro atoms. The molecule has 5 heteroatoms. The van der Waals surface area contributed by atoms with E-state index in [9.17, 15) is 9.90 Å². The van der Waals surface area contributed by atoms with Crippen LogP contribution in [-0.4, -0.2) is 41.2 Å². The number of rotatable bonds is 4. The lowest BCUT2D eigenvalue weighted by molar-refractivity contribution is -0.172. The fourth-order valence-electron chi connectivity index (χ4n) is 4.27. The summed E-state index contributed by atoms with van der Waals surface area (Å²) < 4.78 is 5.91. The maximum Gasteiger partial charge on any atom is 0.348 e. The molecule has 25 heavy (non-hydrogen) atoms. The van der Waals surface area contributed by atoms with Crippen molar-refractivity contribution in [2.75, 3.05) is 7.05 Å². The molecule has 2 saturated heterocycles. The maximum atomic E-state index is 13.1. The number of hydrogen-bond acceptors (Lipinski definition) is 5. The first kappa shape index (κ1) is 16.8. The predicted molar refractivity (Wildman–Crippen MR) is 97.4 cm³/mol. The lowest BCUT2D eigenvalue weighted by Crippen LogP contribution is -2.49. The van der Waals surface area contributed by atoms with E-state index < -0.39 is 11.6 Å². The number of piperidine rings is 1. The van der Waals surface area contributed by atoms with Crippen molar-refractivity contribution in [1.29, 1.82) is 0 Å². The highest BCUT2D eigenvalue weighted by molar-refractivity contribution is 7.10. The number of nitrogens with zero attached hydrogens (tertiary/aromatic N) is 1. The number of ether oxygens (including phenoxy) is 1. The number of esters is 1. The molecule has 4 atom stereocenters. The van der Waals surface area contributed by atoms with E-state index in [1.54, 1.807) is 18.2 Å². The van der Waals surface area contributed by atoms with Gasteiger partial charge in [0.25, 0.3) is 0 Å². The molecular formula is C20H23NO3S. The van der Waals surface area contributed by atoms with Gasteiger partial charge in [0.05, 0.1) is 4.88 Å². The SMILES string of the molecule is CN1[C@@H]2CC[C@@H]1[C@H](OC(=O)C(O)(c1ccccc1)c1cccs1)CC2. The second kappa shape index (κ2) is 6.56. The highest BCUT2D eigenvalue weighted by Gasteiger charge is 2.47. The van der Waals surface area contributed by atoms with E-state index in [1.807, 2.05) is 29.6 Å². The molecule has 0 aliphatic carbocycles. The van der Waals surface area contributed by atoms with Crippen molar-refractivity contribution in [3.63, 3.8) is 0 Å². The molecule has 1 aromatic carbocycles. The molecule has 4 rings (SSSR count). The van der Waals surface area contributed by atoms with Crippen molar-refractivity contribution in [2.24, 2.45) is 0 Å². The summed E-state index contributed by atoms with van der Waals surface area (Å²) >= 11 is 1.37. The van der Waals surface area contributed by atoms with E-state index in [0.29, 0.717) is 16.5 Å². The third-order valence-electron chi connectivity index (χ3n) is 5.73. The molecule has 2 fully saturated rings. The van der Waals surface area contributed by atoms with Gasteiger partial charge in [-0.25, -0.2) is 4.79 Å². The predicted octanol–water partition coefficient (Wildman–Crippen LogP) is 3.15. The zero-order valence-corrected chi connectivity index (χ0v) is 15.1. The number of aliphatic hydroxyl groups is 1. The average molecular weight is 357 g/mol. The quantitative estimate of drug-likeness (QED) is 0.854. The first-order valence-electron chi connectivity index (χ1n) is 8.85.